The quantitative estimate of drug-likeness (QED) is 0.845. The van der Waals surface area contributed by atoms with Crippen molar-refractivity contribution < 1.29 is 4.74 Å². The summed E-state index contributed by atoms with van der Waals surface area (Å²) in [7, 11) is 4.13. The van der Waals surface area contributed by atoms with Crippen LogP contribution in [0.4, 0.5) is 0 Å². The maximum atomic E-state index is 5.88. The van der Waals surface area contributed by atoms with Gasteiger partial charge in [0.15, 0.2) is 0 Å². The fourth-order valence-corrected chi connectivity index (χ4v) is 2.59. The van der Waals surface area contributed by atoms with Crippen molar-refractivity contribution in [2.45, 2.75) is 32.0 Å². The van der Waals surface area contributed by atoms with Crippen molar-refractivity contribution in [3.8, 4) is 0 Å². The van der Waals surface area contributed by atoms with E-state index in [9.17, 15) is 0 Å². The first-order valence-corrected chi connectivity index (χ1v) is 6.75. The average Bonchev–Trinajstić information content (AvgIpc) is 2.78. The van der Waals surface area contributed by atoms with Crippen LogP contribution in [0, 0.1) is 0 Å². The van der Waals surface area contributed by atoms with Gasteiger partial charge in [-0.05, 0) is 20.5 Å². The van der Waals surface area contributed by atoms with Crippen molar-refractivity contribution in [3.63, 3.8) is 0 Å². The second-order valence-corrected chi connectivity index (χ2v) is 4.93. The number of rotatable bonds is 5. The number of hydrogen-bond acceptors (Lipinski definition) is 4. The Labute approximate surface area is 109 Å². The van der Waals surface area contributed by atoms with Gasteiger partial charge in [-0.25, -0.2) is 0 Å². The van der Waals surface area contributed by atoms with Crippen LogP contribution in [-0.4, -0.2) is 54.6 Å². The van der Waals surface area contributed by atoms with E-state index in [0.717, 1.165) is 32.7 Å². The van der Waals surface area contributed by atoms with E-state index in [4.69, 9.17) is 4.74 Å². The topological polar surface area (TPSA) is 42.3 Å². The molecule has 0 spiro atoms. The van der Waals surface area contributed by atoms with Crippen LogP contribution in [0.1, 0.15) is 24.9 Å². The molecule has 0 radical (unpaired) electrons. The minimum atomic E-state index is 0.202. The predicted molar refractivity (Wildman–Crippen MR) is 71.6 cm³/mol. The third kappa shape index (κ3) is 2.91. The van der Waals surface area contributed by atoms with Gasteiger partial charge in [0.25, 0.3) is 0 Å². The molecular weight excluding hydrogens is 228 g/mol. The Morgan fingerprint density at radius 3 is 3.11 bits per heavy atom. The van der Waals surface area contributed by atoms with Gasteiger partial charge in [-0.2, -0.15) is 5.10 Å². The van der Waals surface area contributed by atoms with E-state index in [2.05, 4.69) is 35.5 Å². The molecule has 5 heteroatoms. The molecule has 2 rings (SSSR count). The zero-order chi connectivity index (χ0) is 13.0. The first-order chi connectivity index (χ1) is 8.76. The van der Waals surface area contributed by atoms with Crippen LogP contribution in [0.15, 0.2) is 12.4 Å². The summed E-state index contributed by atoms with van der Waals surface area (Å²) in [6.45, 7) is 5.80. The number of aromatic nitrogens is 2. The van der Waals surface area contributed by atoms with Gasteiger partial charge in [0.05, 0.1) is 24.9 Å². The van der Waals surface area contributed by atoms with Crippen LogP contribution in [0.2, 0.25) is 0 Å². The number of nitrogens with zero attached hydrogens (tertiary/aromatic N) is 3. The molecule has 1 aromatic heterocycles. The van der Waals surface area contributed by atoms with Gasteiger partial charge >= 0.3 is 0 Å². The van der Waals surface area contributed by atoms with Gasteiger partial charge in [0.2, 0.25) is 0 Å². The number of morpholine rings is 1. The molecule has 0 bridgehead atoms. The molecule has 102 valence electrons. The molecule has 1 N–H and O–H groups in total. The number of hydrogen-bond donors (Lipinski definition) is 1. The van der Waals surface area contributed by atoms with Crippen LogP contribution >= 0.6 is 0 Å². The first-order valence-electron chi connectivity index (χ1n) is 6.75. The highest BCUT2D eigenvalue weighted by Gasteiger charge is 2.31. The minimum absolute atomic E-state index is 0.202. The molecule has 1 saturated heterocycles. The molecule has 2 atom stereocenters. The molecule has 18 heavy (non-hydrogen) atoms. The fraction of sp³-hybridized carbons (Fsp3) is 0.769. The van der Waals surface area contributed by atoms with Gasteiger partial charge in [0.1, 0.15) is 0 Å². The predicted octanol–water partition coefficient (Wildman–Crippen LogP) is 0.884. The van der Waals surface area contributed by atoms with E-state index >= 15 is 0 Å². The Morgan fingerprint density at radius 1 is 1.56 bits per heavy atom. The molecule has 0 aliphatic carbocycles. The van der Waals surface area contributed by atoms with E-state index in [-0.39, 0.29) is 6.10 Å². The Hall–Kier alpha value is -0.910. The van der Waals surface area contributed by atoms with Gasteiger partial charge in [-0.3, -0.25) is 9.58 Å². The van der Waals surface area contributed by atoms with Crippen molar-refractivity contribution in [2.75, 3.05) is 33.8 Å². The van der Waals surface area contributed by atoms with Crippen molar-refractivity contribution >= 4 is 0 Å². The van der Waals surface area contributed by atoms with E-state index < -0.39 is 0 Å². The van der Waals surface area contributed by atoms with Crippen molar-refractivity contribution in [1.82, 2.24) is 20.0 Å². The normalized spacial score (nSPS) is 25.5. The summed E-state index contributed by atoms with van der Waals surface area (Å²) in [6, 6.07) is 0.303. The SMILES string of the molecule is CCCn1cc(C2C(CNC)OCCN2C)cn1. The lowest BCUT2D eigenvalue weighted by atomic mass is 10.0. The van der Waals surface area contributed by atoms with Crippen LogP contribution in [0.25, 0.3) is 0 Å². The Bertz CT molecular complexity index is 364. The number of nitrogens with one attached hydrogen (secondary N) is 1. The zero-order valence-electron chi connectivity index (χ0n) is 11.6. The molecule has 1 aliphatic heterocycles. The molecule has 0 aromatic carbocycles. The summed E-state index contributed by atoms with van der Waals surface area (Å²) < 4.78 is 7.91. The second kappa shape index (κ2) is 6.31. The van der Waals surface area contributed by atoms with E-state index in [1.165, 1.54) is 5.56 Å². The molecule has 5 nitrogen and oxygen atoms in total. The van der Waals surface area contributed by atoms with Crippen molar-refractivity contribution in [1.29, 1.82) is 0 Å². The van der Waals surface area contributed by atoms with Crippen LogP contribution < -0.4 is 5.32 Å². The minimum Gasteiger partial charge on any atom is -0.374 e. The molecule has 1 fully saturated rings. The molecule has 1 aromatic rings. The summed E-state index contributed by atoms with van der Waals surface area (Å²) in [5.41, 5.74) is 1.26. The maximum Gasteiger partial charge on any atom is 0.0897 e. The number of likely N-dealkylation sites (N-methyl/N-ethyl adjacent to an activating group) is 2. The maximum absolute atomic E-state index is 5.88. The molecule has 0 amide bonds. The molecule has 2 unspecified atom stereocenters. The van der Waals surface area contributed by atoms with E-state index in [0.29, 0.717) is 6.04 Å². The third-order valence-corrected chi connectivity index (χ3v) is 3.46. The summed E-state index contributed by atoms with van der Waals surface area (Å²) >= 11 is 0. The largest absolute Gasteiger partial charge is 0.374 e. The highest BCUT2D eigenvalue weighted by atomic mass is 16.5. The fourth-order valence-electron chi connectivity index (χ4n) is 2.59. The van der Waals surface area contributed by atoms with Crippen LogP contribution in [0.5, 0.6) is 0 Å². The lowest BCUT2D eigenvalue weighted by Gasteiger charge is -2.38. The van der Waals surface area contributed by atoms with E-state index in [1.807, 2.05) is 17.9 Å². The van der Waals surface area contributed by atoms with Crippen LogP contribution in [0.3, 0.4) is 0 Å². The van der Waals surface area contributed by atoms with Gasteiger partial charge < -0.3 is 10.1 Å². The lowest BCUT2D eigenvalue weighted by Crippen LogP contribution is -2.46. The Morgan fingerprint density at radius 2 is 2.39 bits per heavy atom. The van der Waals surface area contributed by atoms with Gasteiger partial charge in [-0.1, -0.05) is 6.92 Å². The Balaban J connectivity index is 2.14. The lowest BCUT2D eigenvalue weighted by molar-refractivity contribution is -0.0606. The summed E-state index contributed by atoms with van der Waals surface area (Å²) in [5.74, 6) is 0. The second-order valence-electron chi connectivity index (χ2n) is 4.93. The standard InChI is InChI=1S/C13H24N4O/c1-4-5-17-10-11(8-15-17)13-12(9-14-2)18-7-6-16(13)3/h8,10,12-14H,4-7,9H2,1-3H3. The third-order valence-electron chi connectivity index (χ3n) is 3.46. The average molecular weight is 252 g/mol. The molecule has 1 aliphatic rings. The zero-order valence-corrected chi connectivity index (χ0v) is 11.6. The number of ether oxygens (including phenoxy) is 1. The van der Waals surface area contributed by atoms with Gasteiger partial charge in [0, 0.05) is 31.4 Å². The molecule has 0 saturated carbocycles. The first kappa shape index (κ1) is 13.5. The number of aryl methyl sites for hydroxylation is 1. The summed E-state index contributed by atoms with van der Waals surface area (Å²) in [6.07, 6.45) is 5.45. The van der Waals surface area contributed by atoms with Crippen LogP contribution in [-0.2, 0) is 11.3 Å². The monoisotopic (exact) mass is 252 g/mol. The van der Waals surface area contributed by atoms with Crippen molar-refractivity contribution in [2.24, 2.45) is 0 Å². The highest BCUT2D eigenvalue weighted by molar-refractivity contribution is 5.14. The van der Waals surface area contributed by atoms with Gasteiger partial charge in [-0.15, -0.1) is 0 Å². The molecule has 2 heterocycles. The molecular formula is C13H24N4O. The highest BCUT2D eigenvalue weighted by Crippen LogP contribution is 2.27. The van der Waals surface area contributed by atoms with E-state index in [1.54, 1.807) is 0 Å². The summed E-state index contributed by atoms with van der Waals surface area (Å²) in [4.78, 5) is 2.36. The summed E-state index contributed by atoms with van der Waals surface area (Å²) in [5, 5.41) is 7.63. The van der Waals surface area contributed by atoms with Crippen molar-refractivity contribution in [3.05, 3.63) is 18.0 Å². The smallest absolute Gasteiger partial charge is 0.0897 e. The Kier molecular flexibility index (Phi) is 4.74.